The second-order valence-corrected chi connectivity index (χ2v) is 5.13. The Balaban J connectivity index is 1.88. The summed E-state index contributed by atoms with van der Waals surface area (Å²) in [5, 5.41) is 2.66. The summed E-state index contributed by atoms with van der Waals surface area (Å²) in [7, 11) is 0. The van der Waals surface area contributed by atoms with Crippen molar-refractivity contribution in [2.75, 3.05) is 16.8 Å². The zero-order valence-electron chi connectivity index (χ0n) is 11.9. The first kappa shape index (κ1) is 14.3. The van der Waals surface area contributed by atoms with Crippen molar-refractivity contribution in [3.8, 4) is 0 Å². The highest BCUT2D eigenvalue weighted by Gasteiger charge is 2.25. The van der Waals surface area contributed by atoms with Gasteiger partial charge in [0.05, 0.1) is 11.3 Å². The van der Waals surface area contributed by atoms with Crippen LogP contribution in [-0.4, -0.2) is 18.4 Å². The molecule has 4 nitrogen and oxygen atoms in total. The molecular formula is C17H15FN2O2. The van der Waals surface area contributed by atoms with Gasteiger partial charge in [-0.15, -0.1) is 0 Å². The molecule has 2 aromatic rings. The SMILES string of the molecule is O=C(Nc1cccc(F)c1)c1ccccc1N1CCCC1=O. The molecule has 2 amide bonds. The van der Waals surface area contributed by atoms with Crippen LogP contribution in [0.5, 0.6) is 0 Å². The molecule has 1 N–H and O–H groups in total. The van der Waals surface area contributed by atoms with Crippen LogP contribution in [0.25, 0.3) is 0 Å². The zero-order valence-corrected chi connectivity index (χ0v) is 11.9. The quantitative estimate of drug-likeness (QED) is 0.946. The van der Waals surface area contributed by atoms with Crippen molar-refractivity contribution in [3.63, 3.8) is 0 Å². The van der Waals surface area contributed by atoms with Gasteiger partial charge < -0.3 is 10.2 Å². The number of amides is 2. The molecule has 0 aromatic heterocycles. The lowest BCUT2D eigenvalue weighted by atomic mass is 10.1. The van der Waals surface area contributed by atoms with Crippen LogP contribution in [-0.2, 0) is 4.79 Å². The molecular weight excluding hydrogens is 283 g/mol. The van der Waals surface area contributed by atoms with Crippen molar-refractivity contribution >= 4 is 23.2 Å². The molecule has 5 heteroatoms. The molecule has 0 aliphatic carbocycles. The smallest absolute Gasteiger partial charge is 0.257 e. The maximum Gasteiger partial charge on any atom is 0.257 e. The van der Waals surface area contributed by atoms with Gasteiger partial charge >= 0.3 is 0 Å². The zero-order chi connectivity index (χ0) is 15.5. The molecule has 3 rings (SSSR count). The Kier molecular flexibility index (Phi) is 3.87. The third-order valence-corrected chi connectivity index (χ3v) is 3.60. The number of benzene rings is 2. The average molecular weight is 298 g/mol. The van der Waals surface area contributed by atoms with Gasteiger partial charge in [0.25, 0.3) is 5.91 Å². The van der Waals surface area contributed by atoms with Crippen LogP contribution >= 0.6 is 0 Å². The minimum Gasteiger partial charge on any atom is -0.322 e. The number of carbonyl (C=O) groups excluding carboxylic acids is 2. The van der Waals surface area contributed by atoms with E-state index in [4.69, 9.17) is 0 Å². The summed E-state index contributed by atoms with van der Waals surface area (Å²) < 4.78 is 13.2. The number of anilines is 2. The monoisotopic (exact) mass is 298 g/mol. The van der Waals surface area contributed by atoms with Crippen molar-refractivity contribution in [2.24, 2.45) is 0 Å². The molecule has 2 aromatic carbocycles. The highest BCUT2D eigenvalue weighted by Crippen LogP contribution is 2.26. The predicted octanol–water partition coefficient (Wildman–Crippen LogP) is 3.20. The summed E-state index contributed by atoms with van der Waals surface area (Å²) in [5.41, 5.74) is 1.38. The first-order valence-electron chi connectivity index (χ1n) is 7.11. The van der Waals surface area contributed by atoms with Gasteiger partial charge in [0.2, 0.25) is 5.91 Å². The number of rotatable bonds is 3. The Morgan fingerprint density at radius 1 is 1.14 bits per heavy atom. The van der Waals surface area contributed by atoms with Crippen molar-refractivity contribution in [1.29, 1.82) is 0 Å². The molecule has 1 aliphatic heterocycles. The lowest BCUT2D eigenvalue weighted by Gasteiger charge is -2.19. The lowest BCUT2D eigenvalue weighted by Crippen LogP contribution is -2.27. The molecule has 0 atom stereocenters. The summed E-state index contributed by atoms with van der Waals surface area (Å²) in [5.74, 6) is -0.757. The fourth-order valence-electron chi connectivity index (χ4n) is 2.57. The molecule has 0 saturated carbocycles. The summed E-state index contributed by atoms with van der Waals surface area (Å²) in [4.78, 5) is 26.0. The van der Waals surface area contributed by atoms with E-state index in [-0.39, 0.29) is 11.8 Å². The van der Waals surface area contributed by atoms with E-state index in [1.54, 1.807) is 35.2 Å². The van der Waals surface area contributed by atoms with Crippen LogP contribution in [0.15, 0.2) is 48.5 Å². The number of hydrogen-bond acceptors (Lipinski definition) is 2. The fourth-order valence-corrected chi connectivity index (χ4v) is 2.57. The van der Waals surface area contributed by atoms with E-state index in [1.165, 1.54) is 18.2 Å². The van der Waals surface area contributed by atoms with Crippen molar-refractivity contribution in [1.82, 2.24) is 0 Å². The van der Waals surface area contributed by atoms with Crippen LogP contribution in [0, 0.1) is 5.82 Å². The number of halogens is 1. The largest absolute Gasteiger partial charge is 0.322 e. The molecule has 0 unspecified atom stereocenters. The van der Waals surface area contributed by atoms with Crippen LogP contribution in [0.4, 0.5) is 15.8 Å². The Bertz CT molecular complexity index is 730. The van der Waals surface area contributed by atoms with E-state index in [9.17, 15) is 14.0 Å². The first-order valence-corrected chi connectivity index (χ1v) is 7.11. The molecule has 1 heterocycles. The second-order valence-electron chi connectivity index (χ2n) is 5.13. The number of para-hydroxylation sites is 1. The summed E-state index contributed by atoms with van der Waals surface area (Å²) in [6.07, 6.45) is 1.29. The molecule has 0 radical (unpaired) electrons. The molecule has 112 valence electrons. The molecule has 22 heavy (non-hydrogen) atoms. The molecule has 0 spiro atoms. The topological polar surface area (TPSA) is 49.4 Å². The highest BCUT2D eigenvalue weighted by molar-refractivity contribution is 6.11. The first-order chi connectivity index (χ1) is 10.6. The molecule has 1 aliphatic rings. The maximum absolute atomic E-state index is 13.2. The predicted molar refractivity (Wildman–Crippen MR) is 82.4 cm³/mol. The Morgan fingerprint density at radius 2 is 1.95 bits per heavy atom. The Labute approximate surface area is 127 Å². The van der Waals surface area contributed by atoms with Crippen molar-refractivity contribution < 1.29 is 14.0 Å². The van der Waals surface area contributed by atoms with Gasteiger partial charge in [-0.05, 0) is 36.8 Å². The van der Waals surface area contributed by atoms with Gasteiger partial charge in [-0.1, -0.05) is 18.2 Å². The van der Waals surface area contributed by atoms with E-state index in [2.05, 4.69) is 5.32 Å². The van der Waals surface area contributed by atoms with Crippen molar-refractivity contribution in [2.45, 2.75) is 12.8 Å². The van der Waals surface area contributed by atoms with Gasteiger partial charge in [-0.25, -0.2) is 4.39 Å². The third kappa shape index (κ3) is 2.83. The number of nitrogens with zero attached hydrogens (tertiary/aromatic N) is 1. The molecule has 0 bridgehead atoms. The van der Waals surface area contributed by atoms with E-state index >= 15 is 0 Å². The van der Waals surface area contributed by atoms with Crippen LogP contribution in [0.3, 0.4) is 0 Å². The minimum absolute atomic E-state index is 0.0194. The van der Waals surface area contributed by atoms with Gasteiger partial charge in [-0.3, -0.25) is 9.59 Å². The standard InChI is InChI=1S/C17H15FN2O2/c18-12-5-3-6-13(11-12)19-17(22)14-7-1-2-8-15(14)20-10-4-9-16(20)21/h1-3,5-8,11H,4,9-10H2,(H,19,22). The second kappa shape index (κ2) is 5.97. The van der Waals surface area contributed by atoms with Crippen LogP contribution < -0.4 is 10.2 Å². The van der Waals surface area contributed by atoms with Crippen LogP contribution in [0.1, 0.15) is 23.2 Å². The van der Waals surface area contributed by atoms with E-state index in [0.29, 0.717) is 29.9 Å². The van der Waals surface area contributed by atoms with Gasteiger partial charge in [-0.2, -0.15) is 0 Å². The normalized spacial score (nSPS) is 14.2. The molecule has 1 saturated heterocycles. The van der Waals surface area contributed by atoms with E-state index < -0.39 is 5.82 Å². The molecule has 1 fully saturated rings. The summed E-state index contributed by atoms with van der Waals surface area (Å²) in [6, 6.07) is 12.7. The third-order valence-electron chi connectivity index (χ3n) is 3.60. The Morgan fingerprint density at radius 3 is 2.68 bits per heavy atom. The highest BCUT2D eigenvalue weighted by atomic mass is 19.1. The van der Waals surface area contributed by atoms with E-state index in [1.807, 2.05) is 0 Å². The van der Waals surface area contributed by atoms with E-state index in [0.717, 1.165) is 6.42 Å². The lowest BCUT2D eigenvalue weighted by molar-refractivity contribution is -0.117. The number of carbonyl (C=O) groups is 2. The average Bonchev–Trinajstić information content (AvgIpc) is 2.93. The van der Waals surface area contributed by atoms with Crippen molar-refractivity contribution in [3.05, 3.63) is 59.9 Å². The fraction of sp³-hybridized carbons (Fsp3) is 0.176. The van der Waals surface area contributed by atoms with Gasteiger partial charge in [0.1, 0.15) is 5.82 Å². The van der Waals surface area contributed by atoms with Gasteiger partial charge in [0, 0.05) is 18.7 Å². The minimum atomic E-state index is -0.416. The maximum atomic E-state index is 13.2. The number of nitrogens with one attached hydrogen (secondary N) is 1. The summed E-state index contributed by atoms with van der Waals surface area (Å²) in [6.45, 7) is 0.614. The van der Waals surface area contributed by atoms with Gasteiger partial charge in [0.15, 0.2) is 0 Å². The number of hydrogen-bond donors (Lipinski definition) is 1. The summed E-state index contributed by atoms with van der Waals surface area (Å²) >= 11 is 0. The Hall–Kier alpha value is -2.69. The van der Waals surface area contributed by atoms with Crippen LogP contribution in [0.2, 0.25) is 0 Å².